The molecular formula is C10H17ClN2S. The second-order valence-corrected chi connectivity index (χ2v) is 5.54. The Bertz CT molecular complexity index is 275. The molecule has 80 valence electrons. The van der Waals surface area contributed by atoms with Gasteiger partial charge in [-0.3, -0.25) is 0 Å². The number of thiophene rings is 1. The van der Waals surface area contributed by atoms with Crippen LogP contribution in [-0.4, -0.2) is 25.0 Å². The number of halogens is 1. The van der Waals surface area contributed by atoms with Crippen molar-refractivity contribution < 1.29 is 0 Å². The van der Waals surface area contributed by atoms with E-state index in [4.69, 9.17) is 17.3 Å². The van der Waals surface area contributed by atoms with Gasteiger partial charge < -0.3 is 10.6 Å². The molecule has 14 heavy (non-hydrogen) atoms. The van der Waals surface area contributed by atoms with Gasteiger partial charge in [0, 0.05) is 18.0 Å². The fraction of sp³-hybridized carbons (Fsp3) is 0.600. The number of hydrogen-bond donors (Lipinski definition) is 1. The van der Waals surface area contributed by atoms with E-state index in [9.17, 15) is 0 Å². The van der Waals surface area contributed by atoms with Crippen LogP contribution in [-0.2, 0) is 6.54 Å². The van der Waals surface area contributed by atoms with Crippen molar-refractivity contribution in [1.82, 2.24) is 4.90 Å². The Kier molecular flexibility index (Phi) is 4.89. The summed E-state index contributed by atoms with van der Waals surface area (Å²) in [7, 11) is 2.11. The predicted molar refractivity (Wildman–Crippen MR) is 63.9 cm³/mol. The highest BCUT2D eigenvalue weighted by Crippen LogP contribution is 2.22. The smallest absolute Gasteiger partial charge is 0.0931 e. The zero-order valence-corrected chi connectivity index (χ0v) is 10.2. The summed E-state index contributed by atoms with van der Waals surface area (Å²) in [5, 5.41) is 0. The summed E-state index contributed by atoms with van der Waals surface area (Å²) in [4.78, 5) is 3.58. The second-order valence-electron chi connectivity index (χ2n) is 3.74. The van der Waals surface area contributed by atoms with E-state index in [-0.39, 0.29) is 0 Å². The van der Waals surface area contributed by atoms with E-state index in [0.29, 0.717) is 5.92 Å². The van der Waals surface area contributed by atoms with Gasteiger partial charge in [0.05, 0.1) is 4.34 Å². The van der Waals surface area contributed by atoms with Crippen molar-refractivity contribution in [3.8, 4) is 0 Å². The first-order valence-electron chi connectivity index (χ1n) is 4.74. The minimum Gasteiger partial charge on any atom is -0.330 e. The van der Waals surface area contributed by atoms with Crippen molar-refractivity contribution in [3.63, 3.8) is 0 Å². The van der Waals surface area contributed by atoms with Crippen LogP contribution in [0.4, 0.5) is 0 Å². The highest BCUT2D eigenvalue weighted by atomic mass is 35.5. The lowest BCUT2D eigenvalue weighted by Gasteiger charge is -2.19. The molecule has 0 saturated heterocycles. The van der Waals surface area contributed by atoms with Crippen molar-refractivity contribution in [1.29, 1.82) is 0 Å². The van der Waals surface area contributed by atoms with Gasteiger partial charge in [-0.25, -0.2) is 0 Å². The highest BCUT2D eigenvalue weighted by Gasteiger charge is 2.06. The largest absolute Gasteiger partial charge is 0.330 e. The van der Waals surface area contributed by atoms with Crippen LogP contribution in [0.3, 0.4) is 0 Å². The lowest BCUT2D eigenvalue weighted by Crippen LogP contribution is -2.27. The molecule has 0 fully saturated rings. The molecule has 1 rings (SSSR count). The number of nitrogens with zero attached hydrogens (tertiary/aromatic N) is 1. The first-order valence-corrected chi connectivity index (χ1v) is 5.94. The van der Waals surface area contributed by atoms with Crippen LogP contribution in [0.2, 0.25) is 4.34 Å². The third-order valence-corrected chi connectivity index (χ3v) is 3.30. The maximum absolute atomic E-state index is 5.86. The van der Waals surface area contributed by atoms with Gasteiger partial charge in [0.2, 0.25) is 0 Å². The van der Waals surface area contributed by atoms with Crippen LogP contribution in [0.1, 0.15) is 11.8 Å². The zero-order valence-electron chi connectivity index (χ0n) is 8.66. The quantitative estimate of drug-likeness (QED) is 0.845. The third kappa shape index (κ3) is 3.96. The van der Waals surface area contributed by atoms with Gasteiger partial charge in [-0.15, -0.1) is 11.3 Å². The van der Waals surface area contributed by atoms with Crippen LogP contribution < -0.4 is 5.73 Å². The standard InChI is InChI=1S/C10H17ClN2S/c1-8(5-12)6-13(2)7-9-3-4-10(11)14-9/h3-4,8H,5-7,12H2,1-2H3. The van der Waals surface area contributed by atoms with E-state index in [2.05, 4.69) is 24.9 Å². The molecule has 0 radical (unpaired) electrons. The molecule has 0 spiro atoms. The van der Waals surface area contributed by atoms with E-state index >= 15 is 0 Å². The lowest BCUT2D eigenvalue weighted by molar-refractivity contribution is 0.284. The summed E-state index contributed by atoms with van der Waals surface area (Å²) < 4.78 is 0.861. The maximum Gasteiger partial charge on any atom is 0.0931 e. The van der Waals surface area contributed by atoms with Crippen molar-refractivity contribution in [2.24, 2.45) is 11.7 Å². The van der Waals surface area contributed by atoms with E-state index < -0.39 is 0 Å². The molecule has 1 aromatic rings. The predicted octanol–water partition coefficient (Wildman–Crippen LogP) is 2.43. The Labute approximate surface area is 94.7 Å². The number of nitrogens with two attached hydrogens (primary N) is 1. The first-order chi connectivity index (χ1) is 6.61. The molecule has 0 aliphatic rings. The third-order valence-electron chi connectivity index (χ3n) is 2.08. The van der Waals surface area contributed by atoms with E-state index in [1.165, 1.54) is 4.88 Å². The monoisotopic (exact) mass is 232 g/mol. The van der Waals surface area contributed by atoms with Gasteiger partial charge in [0.15, 0.2) is 0 Å². The van der Waals surface area contributed by atoms with Crippen molar-refractivity contribution >= 4 is 22.9 Å². The molecule has 1 aromatic heterocycles. The molecule has 4 heteroatoms. The van der Waals surface area contributed by atoms with Gasteiger partial charge >= 0.3 is 0 Å². The fourth-order valence-electron chi connectivity index (χ4n) is 1.37. The highest BCUT2D eigenvalue weighted by molar-refractivity contribution is 7.16. The molecule has 0 aromatic carbocycles. The summed E-state index contributed by atoms with van der Waals surface area (Å²) >= 11 is 7.50. The Morgan fingerprint density at radius 2 is 2.29 bits per heavy atom. The van der Waals surface area contributed by atoms with Crippen molar-refractivity contribution in [2.75, 3.05) is 20.1 Å². The van der Waals surface area contributed by atoms with Gasteiger partial charge in [0.1, 0.15) is 0 Å². The van der Waals surface area contributed by atoms with Crippen LogP contribution in [0, 0.1) is 5.92 Å². The molecule has 2 N–H and O–H groups in total. The van der Waals surface area contributed by atoms with Gasteiger partial charge in [-0.1, -0.05) is 18.5 Å². The summed E-state index contributed by atoms with van der Waals surface area (Å²) in [6.07, 6.45) is 0. The summed E-state index contributed by atoms with van der Waals surface area (Å²) in [5.74, 6) is 0.551. The number of rotatable bonds is 5. The molecule has 1 atom stereocenters. The van der Waals surface area contributed by atoms with Gasteiger partial charge in [0.25, 0.3) is 0 Å². The summed E-state index contributed by atoms with van der Waals surface area (Å²) in [5.41, 5.74) is 5.57. The molecule has 0 saturated carbocycles. The Hall–Kier alpha value is -0.0900. The SMILES string of the molecule is CC(CN)CN(C)Cc1ccc(Cl)s1. The molecule has 0 aliphatic heterocycles. The van der Waals surface area contributed by atoms with Crippen molar-refractivity contribution in [2.45, 2.75) is 13.5 Å². The van der Waals surface area contributed by atoms with Gasteiger partial charge in [-0.05, 0) is 31.6 Å². The lowest BCUT2D eigenvalue weighted by atomic mass is 10.2. The zero-order chi connectivity index (χ0) is 10.6. The second kappa shape index (κ2) is 5.71. The molecule has 1 unspecified atom stereocenters. The van der Waals surface area contributed by atoms with E-state index in [0.717, 1.165) is 24.0 Å². The molecule has 0 amide bonds. The Morgan fingerprint density at radius 3 is 2.79 bits per heavy atom. The Morgan fingerprint density at radius 1 is 1.57 bits per heavy atom. The minimum atomic E-state index is 0.551. The normalized spacial score (nSPS) is 13.5. The topological polar surface area (TPSA) is 29.3 Å². The average molecular weight is 233 g/mol. The first kappa shape index (κ1) is 12.0. The minimum absolute atomic E-state index is 0.551. The van der Waals surface area contributed by atoms with Gasteiger partial charge in [-0.2, -0.15) is 0 Å². The van der Waals surface area contributed by atoms with Crippen LogP contribution in [0.15, 0.2) is 12.1 Å². The Balaban J connectivity index is 2.37. The summed E-state index contributed by atoms with van der Waals surface area (Å²) in [6.45, 7) is 4.90. The maximum atomic E-state index is 5.86. The summed E-state index contributed by atoms with van der Waals surface area (Å²) in [6, 6.07) is 4.03. The van der Waals surface area contributed by atoms with E-state index in [1.807, 2.05) is 6.07 Å². The molecule has 0 bridgehead atoms. The molecule has 0 aliphatic carbocycles. The van der Waals surface area contributed by atoms with E-state index in [1.54, 1.807) is 11.3 Å². The van der Waals surface area contributed by atoms with Crippen LogP contribution >= 0.6 is 22.9 Å². The molecule has 1 heterocycles. The molecular weight excluding hydrogens is 216 g/mol. The molecule has 2 nitrogen and oxygen atoms in total. The average Bonchev–Trinajstić information content (AvgIpc) is 2.50. The van der Waals surface area contributed by atoms with Crippen molar-refractivity contribution in [3.05, 3.63) is 21.3 Å². The van der Waals surface area contributed by atoms with Crippen LogP contribution in [0.5, 0.6) is 0 Å². The fourth-order valence-corrected chi connectivity index (χ4v) is 2.54. The van der Waals surface area contributed by atoms with Crippen LogP contribution in [0.25, 0.3) is 0 Å². The number of hydrogen-bond acceptors (Lipinski definition) is 3.